The fourth-order valence-corrected chi connectivity index (χ4v) is 5.53. The number of imide groups is 1. The number of rotatable bonds is 3. The minimum atomic E-state index is -0.256. The van der Waals surface area contributed by atoms with Gasteiger partial charge in [-0.2, -0.15) is 15.4 Å². The first-order chi connectivity index (χ1) is 14.2. The molecule has 1 aliphatic heterocycles. The molecule has 0 N–H and O–H groups in total. The van der Waals surface area contributed by atoms with Crippen LogP contribution in [0.1, 0.15) is 17.7 Å². The van der Waals surface area contributed by atoms with Crippen LogP contribution in [0.3, 0.4) is 0 Å². The Kier molecular flexibility index (Phi) is 3.28. The molecule has 29 heavy (non-hydrogen) atoms. The van der Waals surface area contributed by atoms with Crippen LogP contribution in [0.5, 0.6) is 0 Å². The molecule has 5 aliphatic rings. The molecule has 0 radical (unpaired) electrons. The van der Waals surface area contributed by atoms with Gasteiger partial charge >= 0.3 is 0 Å². The van der Waals surface area contributed by atoms with Crippen molar-refractivity contribution in [1.29, 1.82) is 5.26 Å². The van der Waals surface area contributed by atoms with Crippen LogP contribution in [0.4, 0.5) is 0 Å². The summed E-state index contributed by atoms with van der Waals surface area (Å²) < 4.78 is 5.78. The predicted octanol–water partition coefficient (Wildman–Crippen LogP) is 3.21. The van der Waals surface area contributed by atoms with Gasteiger partial charge in [0.05, 0.1) is 29.7 Å². The molecule has 4 aliphatic carbocycles. The monoisotopic (exact) mass is 383 g/mol. The second-order valence-electron chi connectivity index (χ2n) is 8.25. The van der Waals surface area contributed by atoms with E-state index in [4.69, 9.17) is 4.42 Å². The van der Waals surface area contributed by atoms with Crippen LogP contribution in [0, 0.1) is 46.8 Å². The highest BCUT2D eigenvalue weighted by atomic mass is 16.3. The van der Waals surface area contributed by atoms with E-state index in [-0.39, 0.29) is 35.5 Å². The molecule has 6 unspecified atom stereocenters. The van der Waals surface area contributed by atoms with E-state index in [0.29, 0.717) is 34.5 Å². The van der Waals surface area contributed by atoms with Crippen molar-refractivity contribution in [2.75, 3.05) is 0 Å². The molecular formula is C23H17N3O3. The molecule has 1 aromatic carbocycles. The average Bonchev–Trinajstić information content (AvgIpc) is 3.39. The Balaban J connectivity index is 1.26. The van der Waals surface area contributed by atoms with Crippen LogP contribution < -0.4 is 0 Å². The van der Waals surface area contributed by atoms with Gasteiger partial charge in [-0.3, -0.25) is 9.59 Å². The topological polar surface area (TPSA) is 86.7 Å². The largest absolute Gasteiger partial charge is 0.455 e. The number of allylic oxidation sites excluding steroid dienone is 2. The van der Waals surface area contributed by atoms with Gasteiger partial charge in [-0.05, 0) is 54.4 Å². The molecule has 1 aromatic heterocycles. The van der Waals surface area contributed by atoms with Crippen molar-refractivity contribution in [2.24, 2.45) is 40.6 Å². The van der Waals surface area contributed by atoms with Gasteiger partial charge in [-0.15, -0.1) is 0 Å². The minimum Gasteiger partial charge on any atom is -0.455 e. The maximum absolute atomic E-state index is 12.9. The lowest BCUT2D eigenvalue weighted by atomic mass is 9.63. The van der Waals surface area contributed by atoms with E-state index in [1.165, 1.54) is 6.21 Å². The van der Waals surface area contributed by atoms with Crippen molar-refractivity contribution in [2.45, 2.75) is 6.42 Å². The van der Waals surface area contributed by atoms with E-state index in [9.17, 15) is 14.9 Å². The Morgan fingerprint density at radius 1 is 1.03 bits per heavy atom. The summed E-state index contributed by atoms with van der Waals surface area (Å²) in [6, 6.07) is 12.8. The van der Waals surface area contributed by atoms with E-state index in [0.717, 1.165) is 11.4 Å². The van der Waals surface area contributed by atoms with Crippen molar-refractivity contribution in [1.82, 2.24) is 5.01 Å². The third-order valence-electron chi connectivity index (χ3n) is 6.88. The van der Waals surface area contributed by atoms with Crippen molar-refractivity contribution in [3.05, 3.63) is 59.9 Å². The highest BCUT2D eigenvalue weighted by Crippen LogP contribution is 2.65. The lowest BCUT2D eigenvalue weighted by Gasteiger charge is -2.37. The number of hydrazone groups is 1. The van der Waals surface area contributed by atoms with Crippen LogP contribution in [-0.2, 0) is 9.59 Å². The molecule has 2 aromatic rings. The van der Waals surface area contributed by atoms with Gasteiger partial charge in [-0.25, -0.2) is 0 Å². The second-order valence-corrected chi connectivity index (χ2v) is 8.25. The average molecular weight is 383 g/mol. The summed E-state index contributed by atoms with van der Waals surface area (Å²) in [5, 5.41) is 14.5. The zero-order chi connectivity index (χ0) is 19.7. The Morgan fingerprint density at radius 2 is 1.72 bits per heavy atom. The Bertz CT molecular complexity index is 1120. The van der Waals surface area contributed by atoms with Crippen molar-refractivity contribution >= 4 is 18.0 Å². The molecule has 6 atom stereocenters. The summed E-state index contributed by atoms with van der Waals surface area (Å²) in [5.74, 6) is 1.57. The number of nitrogens with zero attached hydrogens (tertiary/aromatic N) is 3. The smallest absolute Gasteiger partial charge is 0.254 e. The molecule has 142 valence electrons. The quantitative estimate of drug-likeness (QED) is 0.463. The fourth-order valence-electron chi connectivity index (χ4n) is 5.53. The van der Waals surface area contributed by atoms with Gasteiger partial charge in [0, 0.05) is 5.56 Å². The minimum absolute atomic E-state index is 0.185. The lowest BCUT2D eigenvalue weighted by Crippen LogP contribution is -2.40. The third-order valence-corrected chi connectivity index (χ3v) is 6.88. The first-order valence-electron chi connectivity index (χ1n) is 9.87. The van der Waals surface area contributed by atoms with Crippen LogP contribution in [0.15, 0.2) is 58.1 Å². The van der Waals surface area contributed by atoms with Crippen molar-refractivity contribution in [3.63, 3.8) is 0 Å². The Hall–Kier alpha value is -3.46. The Morgan fingerprint density at radius 3 is 2.41 bits per heavy atom. The highest BCUT2D eigenvalue weighted by molar-refractivity contribution is 6.06. The van der Waals surface area contributed by atoms with E-state index in [2.05, 4.69) is 23.3 Å². The SMILES string of the molecule is N#Cc1ccccc1-c1ccc(/C=N/N2C(=O)C3C4C=CC(C5CC45)C3C2=O)o1. The summed E-state index contributed by atoms with van der Waals surface area (Å²) in [6.45, 7) is 0. The second kappa shape index (κ2) is 5.77. The number of amides is 2. The Labute approximate surface area is 167 Å². The normalized spacial score (nSPS) is 33.8. The van der Waals surface area contributed by atoms with Crippen LogP contribution in [0.2, 0.25) is 0 Å². The summed E-state index contributed by atoms with van der Waals surface area (Å²) in [6.07, 6.45) is 6.83. The van der Waals surface area contributed by atoms with Gasteiger partial charge in [0.15, 0.2) is 0 Å². The maximum Gasteiger partial charge on any atom is 0.254 e. The van der Waals surface area contributed by atoms with Gasteiger partial charge < -0.3 is 4.42 Å². The standard InChI is InChI=1S/C23H17N3O3/c24-10-12-3-1-2-4-14(12)19-8-5-13(29-19)11-25-26-22(27)20-15-6-7-16(18-9-17(15)18)21(20)23(26)28/h1-8,11,15-18,20-21H,9H2/b25-11+. The van der Waals surface area contributed by atoms with E-state index >= 15 is 0 Å². The number of carbonyl (C=O) groups is 2. The summed E-state index contributed by atoms with van der Waals surface area (Å²) in [4.78, 5) is 25.9. The molecule has 6 nitrogen and oxygen atoms in total. The van der Waals surface area contributed by atoms with Crippen molar-refractivity contribution in [3.8, 4) is 17.4 Å². The van der Waals surface area contributed by atoms with Crippen LogP contribution in [-0.4, -0.2) is 23.0 Å². The maximum atomic E-state index is 12.9. The molecule has 2 heterocycles. The zero-order valence-corrected chi connectivity index (χ0v) is 15.4. The molecule has 3 fully saturated rings. The van der Waals surface area contributed by atoms with Crippen LogP contribution >= 0.6 is 0 Å². The summed E-state index contributed by atoms with van der Waals surface area (Å²) in [7, 11) is 0. The first-order valence-corrected chi connectivity index (χ1v) is 9.87. The number of nitriles is 1. The highest BCUT2D eigenvalue weighted by Gasteiger charge is 2.67. The number of hydrogen-bond acceptors (Lipinski definition) is 5. The molecule has 2 saturated carbocycles. The number of hydrogen-bond donors (Lipinski definition) is 0. The lowest BCUT2D eigenvalue weighted by molar-refractivity contribution is -0.140. The van der Waals surface area contributed by atoms with Crippen LogP contribution in [0.25, 0.3) is 11.3 Å². The molecule has 7 rings (SSSR count). The van der Waals surface area contributed by atoms with E-state index < -0.39 is 0 Å². The van der Waals surface area contributed by atoms with Gasteiger partial charge in [0.1, 0.15) is 11.5 Å². The molecule has 2 amide bonds. The van der Waals surface area contributed by atoms with Gasteiger partial charge in [0.25, 0.3) is 11.8 Å². The van der Waals surface area contributed by atoms with E-state index in [1.807, 2.05) is 12.1 Å². The summed E-state index contributed by atoms with van der Waals surface area (Å²) in [5.41, 5.74) is 1.21. The fraction of sp³-hybridized carbons (Fsp3) is 0.304. The first kappa shape index (κ1) is 16.5. The third kappa shape index (κ3) is 2.24. The molecular weight excluding hydrogens is 366 g/mol. The number of benzene rings is 1. The molecule has 0 spiro atoms. The van der Waals surface area contributed by atoms with Gasteiger partial charge in [-0.1, -0.05) is 24.3 Å². The molecule has 2 bridgehead atoms. The summed E-state index contributed by atoms with van der Waals surface area (Å²) >= 11 is 0. The van der Waals surface area contributed by atoms with Crippen molar-refractivity contribution < 1.29 is 14.0 Å². The molecule has 1 saturated heterocycles. The number of furan rings is 1. The number of carbonyl (C=O) groups excluding carboxylic acids is 2. The van der Waals surface area contributed by atoms with E-state index in [1.54, 1.807) is 24.3 Å². The predicted molar refractivity (Wildman–Crippen MR) is 103 cm³/mol. The molecule has 6 heteroatoms. The van der Waals surface area contributed by atoms with Gasteiger partial charge in [0.2, 0.25) is 0 Å². The zero-order valence-electron chi connectivity index (χ0n) is 15.4.